The van der Waals surface area contributed by atoms with Gasteiger partial charge in [0.15, 0.2) is 11.5 Å². The number of nitrogens with one attached hydrogen (secondary N) is 1. The van der Waals surface area contributed by atoms with E-state index in [1.807, 2.05) is 0 Å². The molecule has 1 N–H and O–H groups in total. The van der Waals surface area contributed by atoms with Gasteiger partial charge in [-0.05, 0) is 42.8 Å². The Hall–Kier alpha value is -2.70. The normalized spacial score (nSPS) is 11.1. The number of halogens is 3. The van der Waals surface area contributed by atoms with Crippen molar-refractivity contribution in [1.29, 1.82) is 0 Å². The van der Waals surface area contributed by atoms with Gasteiger partial charge in [0.05, 0.1) is 19.3 Å². The van der Waals surface area contributed by atoms with Crippen molar-refractivity contribution in [1.82, 2.24) is 5.32 Å². The van der Waals surface area contributed by atoms with Crippen LogP contribution in [0.3, 0.4) is 0 Å². The van der Waals surface area contributed by atoms with Gasteiger partial charge < -0.3 is 14.8 Å². The minimum atomic E-state index is -4.41. The highest BCUT2D eigenvalue weighted by Gasteiger charge is 2.30. The molecule has 2 aromatic rings. The van der Waals surface area contributed by atoms with Crippen LogP contribution in [0.2, 0.25) is 0 Å². The van der Waals surface area contributed by atoms with Crippen molar-refractivity contribution in [2.45, 2.75) is 19.6 Å². The minimum absolute atomic E-state index is 0.0151. The summed E-state index contributed by atoms with van der Waals surface area (Å²) >= 11 is 0. The fourth-order valence-electron chi connectivity index (χ4n) is 2.23. The molecule has 0 atom stereocenters. The lowest BCUT2D eigenvalue weighted by Gasteiger charge is -2.12. The van der Waals surface area contributed by atoms with Gasteiger partial charge >= 0.3 is 6.18 Å². The number of alkyl halides is 3. The summed E-state index contributed by atoms with van der Waals surface area (Å²) in [6, 6.07) is 9.53. The van der Waals surface area contributed by atoms with Gasteiger partial charge in [0.2, 0.25) is 0 Å². The summed E-state index contributed by atoms with van der Waals surface area (Å²) in [5.74, 6) is 0.508. The molecule has 7 heteroatoms. The maximum Gasteiger partial charge on any atom is 0.416 e. The van der Waals surface area contributed by atoms with Gasteiger partial charge in [-0.2, -0.15) is 13.2 Å². The monoisotopic (exact) mass is 353 g/mol. The molecule has 0 bridgehead atoms. The first-order chi connectivity index (χ1) is 11.8. The van der Waals surface area contributed by atoms with Crippen molar-refractivity contribution in [2.75, 3.05) is 13.7 Å². The van der Waals surface area contributed by atoms with Crippen molar-refractivity contribution >= 4 is 5.91 Å². The van der Waals surface area contributed by atoms with E-state index in [1.165, 1.54) is 25.3 Å². The van der Waals surface area contributed by atoms with Crippen LogP contribution in [0.4, 0.5) is 13.2 Å². The molecule has 25 heavy (non-hydrogen) atoms. The molecule has 0 radical (unpaired) electrons. The second-order valence-corrected chi connectivity index (χ2v) is 5.18. The van der Waals surface area contributed by atoms with E-state index >= 15 is 0 Å². The number of hydrogen-bond donors (Lipinski definition) is 1. The molecule has 2 aromatic carbocycles. The average Bonchev–Trinajstić information content (AvgIpc) is 2.59. The molecule has 1 amide bonds. The first-order valence-electron chi connectivity index (χ1n) is 7.60. The standard InChI is InChI=1S/C18H18F3NO3/c1-3-25-16-10-13(7-8-15(16)24-2)17(23)22-11-12-5-4-6-14(9-12)18(19,20)21/h4-10H,3,11H2,1-2H3,(H,22,23). The van der Waals surface area contributed by atoms with Gasteiger partial charge in [0, 0.05) is 12.1 Å². The van der Waals surface area contributed by atoms with E-state index in [0.29, 0.717) is 29.2 Å². The predicted molar refractivity (Wildman–Crippen MR) is 86.8 cm³/mol. The highest BCUT2D eigenvalue weighted by molar-refractivity contribution is 5.94. The molecule has 0 spiro atoms. The van der Waals surface area contributed by atoms with Crippen LogP contribution < -0.4 is 14.8 Å². The smallest absolute Gasteiger partial charge is 0.416 e. The zero-order valence-corrected chi connectivity index (χ0v) is 13.8. The van der Waals surface area contributed by atoms with Gasteiger partial charge in [-0.1, -0.05) is 12.1 Å². The Labute approximate surface area is 143 Å². The Balaban J connectivity index is 2.09. The highest BCUT2D eigenvalue weighted by atomic mass is 19.4. The van der Waals surface area contributed by atoms with Crippen LogP contribution in [0.15, 0.2) is 42.5 Å². The number of amides is 1. The molecule has 0 saturated carbocycles. The Bertz CT molecular complexity index is 745. The third kappa shape index (κ3) is 4.89. The van der Waals surface area contributed by atoms with Crippen molar-refractivity contribution < 1.29 is 27.4 Å². The van der Waals surface area contributed by atoms with E-state index in [0.717, 1.165) is 12.1 Å². The molecule has 134 valence electrons. The topological polar surface area (TPSA) is 47.6 Å². The maximum absolute atomic E-state index is 12.7. The lowest BCUT2D eigenvalue weighted by atomic mass is 10.1. The SMILES string of the molecule is CCOc1cc(C(=O)NCc2cccc(C(F)(F)F)c2)ccc1OC. The Morgan fingerprint density at radius 3 is 2.52 bits per heavy atom. The number of hydrogen-bond acceptors (Lipinski definition) is 3. The van der Waals surface area contributed by atoms with Crippen LogP contribution in [-0.2, 0) is 12.7 Å². The molecule has 0 aliphatic heterocycles. The third-order valence-electron chi connectivity index (χ3n) is 3.43. The summed E-state index contributed by atoms with van der Waals surface area (Å²) in [4.78, 5) is 12.2. The fourth-order valence-corrected chi connectivity index (χ4v) is 2.23. The van der Waals surface area contributed by atoms with E-state index in [1.54, 1.807) is 19.1 Å². The van der Waals surface area contributed by atoms with Gasteiger partial charge in [0.1, 0.15) is 0 Å². The zero-order valence-electron chi connectivity index (χ0n) is 13.8. The van der Waals surface area contributed by atoms with Crippen LogP contribution in [0.1, 0.15) is 28.4 Å². The molecule has 0 fully saturated rings. The Kier molecular flexibility index (Phi) is 5.90. The summed E-state index contributed by atoms with van der Waals surface area (Å²) in [6.45, 7) is 2.20. The Morgan fingerprint density at radius 1 is 1.12 bits per heavy atom. The van der Waals surface area contributed by atoms with E-state index in [9.17, 15) is 18.0 Å². The summed E-state index contributed by atoms with van der Waals surface area (Å²) in [6.07, 6.45) is -4.41. The van der Waals surface area contributed by atoms with Crippen LogP contribution in [-0.4, -0.2) is 19.6 Å². The second-order valence-electron chi connectivity index (χ2n) is 5.18. The molecule has 0 aliphatic rings. The second kappa shape index (κ2) is 7.92. The molecule has 0 aliphatic carbocycles. The molecular formula is C18H18F3NO3. The number of carbonyl (C=O) groups is 1. The van der Waals surface area contributed by atoms with Crippen molar-refractivity contribution in [2.24, 2.45) is 0 Å². The van der Waals surface area contributed by atoms with E-state index in [4.69, 9.17) is 9.47 Å². The highest BCUT2D eigenvalue weighted by Crippen LogP contribution is 2.30. The lowest BCUT2D eigenvalue weighted by molar-refractivity contribution is -0.137. The van der Waals surface area contributed by atoms with E-state index in [-0.39, 0.29) is 6.54 Å². The van der Waals surface area contributed by atoms with Crippen molar-refractivity contribution in [3.05, 3.63) is 59.2 Å². The first kappa shape index (κ1) is 18.6. The molecule has 4 nitrogen and oxygen atoms in total. The number of methoxy groups -OCH3 is 1. The molecule has 2 rings (SSSR count). The molecule has 0 saturated heterocycles. The molecule has 0 unspecified atom stereocenters. The summed E-state index contributed by atoms with van der Waals surface area (Å²) in [5, 5.41) is 2.60. The van der Waals surface area contributed by atoms with Gasteiger partial charge in [0.25, 0.3) is 5.91 Å². The van der Waals surface area contributed by atoms with Crippen LogP contribution in [0.25, 0.3) is 0 Å². The lowest BCUT2D eigenvalue weighted by Crippen LogP contribution is -2.23. The van der Waals surface area contributed by atoms with Gasteiger partial charge in [-0.15, -0.1) is 0 Å². The number of benzene rings is 2. The summed E-state index contributed by atoms with van der Waals surface area (Å²) in [7, 11) is 1.49. The fraction of sp³-hybridized carbons (Fsp3) is 0.278. The van der Waals surface area contributed by atoms with Gasteiger partial charge in [-0.3, -0.25) is 4.79 Å². The van der Waals surface area contributed by atoms with Gasteiger partial charge in [-0.25, -0.2) is 0 Å². The quantitative estimate of drug-likeness (QED) is 0.853. The minimum Gasteiger partial charge on any atom is -0.493 e. The van der Waals surface area contributed by atoms with E-state index in [2.05, 4.69) is 5.32 Å². The number of ether oxygens (including phenoxy) is 2. The van der Waals surface area contributed by atoms with Crippen LogP contribution in [0.5, 0.6) is 11.5 Å². The van der Waals surface area contributed by atoms with Crippen LogP contribution in [0, 0.1) is 0 Å². The zero-order chi connectivity index (χ0) is 18.4. The van der Waals surface area contributed by atoms with Crippen molar-refractivity contribution in [3.63, 3.8) is 0 Å². The van der Waals surface area contributed by atoms with Crippen LogP contribution >= 0.6 is 0 Å². The first-order valence-corrected chi connectivity index (χ1v) is 7.60. The maximum atomic E-state index is 12.7. The number of carbonyl (C=O) groups excluding carboxylic acids is 1. The summed E-state index contributed by atoms with van der Waals surface area (Å²) < 4.78 is 48.7. The molecule has 0 heterocycles. The predicted octanol–water partition coefficient (Wildman–Crippen LogP) is 4.04. The van der Waals surface area contributed by atoms with E-state index < -0.39 is 17.6 Å². The Morgan fingerprint density at radius 2 is 1.88 bits per heavy atom. The molecular weight excluding hydrogens is 335 g/mol. The molecule has 0 aromatic heterocycles. The average molecular weight is 353 g/mol. The number of rotatable bonds is 6. The summed E-state index contributed by atoms with van der Waals surface area (Å²) in [5.41, 5.74) is -0.0553. The largest absolute Gasteiger partial charge is 0.493 e. The van der Waals surface area contributed by atoms with Crippen molar-refractivity contribution in [3.8, 4) is 11.5 Å². The third-order valence-corrected chi connectivity index (χ3v) is 3.43.